The third-order valence-corrected chi connectivity index (χ3v) is 6.11. The SMILES string of the molecule is C[C@@H](C(=O)Nc1ccc(Br)cc1)[NH+]1CC[NH+](CC(=O)N2CCCC2)CC1. The van der Waals surface area contributed by atoms with Crippen molar-refractivity contribution < 1.29 is 19.4 Å². The van der Waals surface area contributed by atoms with Crippen molar-refractivity contribution in [2.24, 2.45) is 0 Å². The van der Waals surface area contributed by atoms with Crippen LogP contribution in [0.25, 0.3) is 0 Å². The summed E-state index contributed by atoms with van der Waals surface area (Å²) in [6.07, 6.45) is 2.29. The number of rotatable bonds is 5. The van der Waals surface area contributed by atoms with Gasteiger partial charge in [-0.25, -0.2) is 0 Å². The minimum atomic E-state index is -0.0884. The number of halogens is 1. The third kappa shape index (κ3) is 5.05. The van der Waals surface area contributed by atoms with Gasteiger partial charge in [-0.15, -0.1) is 0 Å². The third-order valence-electron chi connectivity index (χ3n) is 5.58. The monoisotopic (exact) mass is 424 g/mol. The van der Waals surface area contributed by atoms with Crippen LogP contribution in [0.3, 0.4) is 0 Å². The van der Waals surface area contributed by atoms with Gasteiger partial charge < -0.3 is 20.0 Å². The van der Waals surface area contributed by atoms with Gasteiger partial charge in [0.25, 0.3) is 11.8 Å². The van der Waals surface area contributed by atoms with Crippen LogP contribution in [-0.4, -0.2) is 68.6 Å². The van der Waals surface area contributed by atoms with Crippen LogP contribution in [0.2, 0.25) is 0 Å². The largest absolute Gasteiger partial charge is 0.338 e. The van der Waals surface area contributed by atoms with Crippen LogP contribution in [0.15, 0.2) is 28.7 Å². The van der Waals surface area contributed by atoms with Crippen molar-refractivity contribution in [3.63, 3.8) is 0 Å². The summed E-state index contributed by atoms with van der Waals surface area (Å²) in [6.45, 7) is 8.20. The number of quaternary nitrogens is 2. The average Bonchev–Trinajstić information content (AvgIpc) is 3.18. The van der Waals surface area contributed by atoms with E-state index in [-0.39, 0.29) is 11.9 Å². The second kappa shape index (κ2) is 8.97. The van der Waals surface area contributed by atoms with Crippen molar-refractivity contribution in [2.75, 3.05) is 51.1 Å². The van der Waals surface area contributed by atoms with E-state index >= 15 is 0 Å². The van der Waals surface area contributed by atoms with Crippen LogP contribution < -0.4 is 15.1 Å². The Labute approximate surface area is 163 Å². The van der Waals surface area contributed by atoms with Crippen LogP contribution in [0, 0.1) is 0 Å². The highest BCUT2D eigenvalue weighted by molar-refractivity contribution is 9.10. The van der Waals surface area contributed by atoms with E-state index in [0.29, 0.717) is 12.5 Å². The number of amides is 2. The topological polar surface area (TPSA) is 58.3 Å². The predicted octanol–water partition coefficient (Wildman–Crippen LogP) is -0.818. The van der Waals surface area contributed by atoms with Gasteiger partial charge in [-0.3, -0.25) is 9.59 Å². The fraction of sp³-hybridized carbons (Fsp3) is 0.579. The number of benzene rings is 1. The highest BCUT2D eigenvalue weighted by atomic mass is 79.9. The van der Waals surface area contributed by atoms with E-state index in [2.05, 4.69) is 21.2 Å². The number of piperazine rings is 1. The number of anilines is 1. The summed E-state index contributed by atoms with van der Waals surface area (Å²) in [5.74, 6) is 0.348. The van der Waals surface area contributed by atoms with E-state index in [1.807, 2.05) is 36.1 Å². The molecule has 6 nitrogen and oxygen atoms in total. The molecule has 1 atom stereocenters. The Morgan fingerprint density at radius 3 is 2.35 bits per heavy atom. The van der Waals surface area contributed by atoms with E-state index in [1.165, 1.54) is 9.80 Å². The number of nitrogens with zero attached hydrogens (tertiary/aromatic N) is 1. The molecule has 1 aromatic carbocycles. The molecule has 2 fully saturated rings. The molecule has 142 valence electrons. The van der Waals surface area contributed by atoms with Gasteiger partial charge in [0.05, 0.1) is 0 Å². The molecule has 0 unspecified atom stereocenters. The molecule has 7 heteroatoms. The Kier molecular flexibility index (Phi) is 6.67. The summed E-state index contributed by atoms with van der Waals surface area (Å²) < 4.78 is 0.997. The number of carbonyl (C=O) groups excluding carboxylic acids is 2. The number of hydrogen-bond donors (Lipinski definition) is 3. The molecule has 2 aliphatic rings. The number of carbonyl (C=O) groups is 2. The normalized spacial score (nSPS) is 24.3. The molecular formula is C19H29BrN4O2+2. The van der Waals surface area contributed by atoms with E-state index in [9.17, 15) is 9.59 Å². The Balaban J connectivity index is 1.43. The molecular weight excluding hydrogens is 396 g/mol. The van der Waals surface area contributed by atoms with Gasteiger partial charge in [-0.1, -0.05) is 15.9 Å². The van der Waals surface area contributed by atoms with E-state index in [1.54, 1.807) is 0 Å². The molecule has 2 aliphatic heterocycles. The van der Waals surface area contributed by atoms with Crippen molar-refractivity contribution in [1.82, 2.24) is 4.90 Å². The number of hydrogen-bond acceptors (Lipinski definition) is 2. The minimum absolute atomic E-state index is 0.0546. The lowest BCUT2D eigenvalue weighted by atomic mass is 10.2. The van der Waals surface area contributed by atoms with Gasteiger partial charge in [-0.05, 0) is 44.0 Å². The lowest BCUT2D eigenvalue weighted by Crippen LogP contribution is -3.30. The molecule has 3 N–H and O–H groups in total. The van der Waals surface area contributed by atoms with Crippen molar-refractivity contribution in [3.8, 4) is 0 Å². The molecule has 2 heterocycles. The molecule has 0 saturated carbocycles. The molecule has 0 aliphatic carbocycles. The molecule has 0 aromatic heterocycles. The Hall–Kier alpha value is -1.44. The smallest absolute Gasteiger partial charge is 0.282 e. The van der Waals surface area contributed by atoms with Crippen LogP contribution in [0.5, 0.6) is 0 Å². The second-order valence-electron chi connectivity index (χ2n) is 7.39. The molecule has 2 amide bonds. The molecule has 0 radical (unpaired) electrons. The van der Waals surface area contributed by atoms with Gasteiger partial charge in [-0.2, -0.15) is 0 Å². The average molecular weight is 425 g/mol. The summed E-state index contributed by atoms with van der Waals surface area (Å²) in [4.78, 5) is 29.5. The first-order chi connectivity index (χ1) is 12.5. The van der Waals surface area contributed by atoms with Gasteiger partial charge in [0.15, 0.2) is 12.6 Å². The molecule has 0 bridgehead atoms. The summed E-state index contributed by atoms with van der Waals surface area (Å²) in [6, 6.07) is 7.56. The quantitative estimate of drug-likeness (QED) is 0.578. The zero-order valence-electron chi connectivity index (χ0n) is 15.4. The van der Waals surface area contributed by atoms with Crippen LogP contribution >= 0.6 is 15.9 Å². The summed E-state index contributed by atoms with van der Waals surface area (Å²) >= 11 is 3.40. The van der Waals surface area contributed by atoms with Gasteiger partial charge in [0.2, 0.25) is 0 Å². The molecule has 3 rings (SSSR count). The van der Waals surface area contributed by atoms with Gasteiger partial charge in [0.1, 0.15) is 26.2 Å². The van der Waals surface area contributed by atoms with Crippen LogP contribution in [0.4, 0.5) is 5.69 Å². The fourth-order valence-electron chi connectivity index (χ4n) is 3.80. The Morgan fingerprint density at radius 1 is 1.12 bits per heavy atom. The lowest BCUT2D eigenvalue weighted by Gasteiger charge is -2.32. The maximum absolute atomic E-state index is 12.5. The zero-order valence-corrected chi connectivity index (χ0v) is 17.0. The number of likely N-dealkylation sites (tertiary alicyclic amines) is 1. The highest BCUT2D eigenvalue weighted by Crippen LogP contribution is 2.14. The maximum atomic E-state index is 12.5. The first-order valence-electron chi connectivity index (χ1n) is 9.55. The zero-order chi connectivity index (χ0) is 18.5. The van der Waals surface area contributed by atoms with Crippen molar-refractivity contribution in [2.45, 2.75) is 25.8 Å². The standard InChI is InChI=1S/C19H27BrN4O2/c1-15(19(26)21-17-6-4-16(20)5-7-17)23-12-10-22(11-13-23)14-18(25)24-8-2-3-9-24/h4-7,15H,2-3,8-14H2,1H3,(H,21,26)/p+2/t15-/m0/s1. The molecule has 2 saturated heterocycles. The Morgan fingerprint density at radius 2 is 1.73 bits per heavy atom. The van der Waals surface area contributed by atoms with E-state index in [4.69, 9.17) is 0 Å². The number of nitrogens with one attached hydrogen (secondary N) is 3. The van der Waals surface area contributed by atoms with Gasteiger partial charge >= 0.3 is 0 Å². The van der Waals surface area contributed by atoms with Crippen molar-refractivity contribution >= 4 is 33.4 Å². The summed E-state index contributed by atoms with van der Waals surface area (Å²) in [7, 11) is 0. The summed E-state index contributed by atoms with van der Waals surface area (Å²) in [5.41, 5.74) is 0.824. The van der Waals surface area contributed by atoms with Gasteiger partial charge in [0, 0.05) is 23.2 Å². The lowest BCUT2D eigenvalue weighted by molar-refractivity contribution is -1.01. The van der Waals surface area contributed by atoms with Crippen LogP contribution in [-0.2, 0) is 9.59 Å². The predicted molar refractivity (Wildman–Crippen MR) is 104 cm³/mol. The first kappa shape index (κ1) is 19.3. The maximum Gasteiger partial charge on any atom is 0.282 e. The Bertz CT molecular complexity index is 623. The summed E-state index contributed by atoms with van der Waals surface area (Å²) in [5, 5.41) is 3.00. The van der Waals surface area contributed by atoms with E-state index in [0.717, 1.165) is 62.3 Å². The molecule has 26 heavy (non-hydrogen) atoms. The van der Waals surface area contributed by atoms with Crippen molar-refractivity contribution in [3.05, 3.63) is 28.7 Å². The first-order valence-corrected chi connectivity index (χ1v) is 10.3. The van der Waals surface area contributed by atoms with Crippen molar-refractivity contribution in [1.29, 1.82) is 0 Å². The fourth-order valence-corrected chi connectivity index (χ4v) is 4.06. The van der Waals surface area contributed by atoms with Crippen LogP contribution in [0.1, 0.15) is 19.8 Å². The minimum Gasteiger partial charge on any atom is -0.338 e. The molecule has 1 aromatic rings. The second-order valence-corrected chi connectivity index (χ2v) is 8.31. The molecule has 0 spiro atoms. The highest BCUT2D eigenvalue weighted by Gasteiger charge is 2.32. The van der Waals surface area contributed by atoms with E-state index < -0.39 is 0 Å².